The maximum Gasteiger partial charge on any atom is 0.129 e. The number of rotatable bonds is 2. The average Bonchev–Trinajstić information content (AvgIpc) is 2.27. The molecule has 2 unspecified atom stereocenters. The molecule has 0 aromatic heterocycles. The topological polar surface area (TPSA) is 29.3 Å². The van der Waals surface area contributed by atoms with Crippen LogP contribution in [-0.2, 0) is 6.54 Å². The van der Waals surface area contributed by atoms with Crippen LogP contribution in [0.1, 0.15) is 38.7 Å². The molecule has 2 nitrogen and oxygen atoms in total. The highest BCUT2D eigenvalue weighted by atomic mass is 19.1. The molecule has 1 saturated heterocycles. The van der Waals surface area contributed by atoms with Crippen LogP contribution in [0.4, 0.5) is 10.1 Å². The highest BCUT2D eigenvalue weighted by Gasteiger charge is 2.25. The molecule has 1 fully saturated rings. The molecule has 0 spiro atoms. The van der Waals surface area contributed by atoms with Crippen molar-refractivity contribution in [3.8, 4) is 0 Å². The van der Waals surface area contributed by atoms with E-state index in [0.29, 0.717) is 29.9 Å². The van der Waals surface area contributed by atoms with E-state index >= 15 is 0 Å². The second kappa shape index (κ2) is 5.05. The van der Waals surface area contributed by atoms with Crippen LogP contribution in [0.3, 0.4) is 0 Å². The van der Waals surface area contributed by atoms with Gasteiger partial charge >= 0.3 is 0 Å². The zero-order chi connectivity index (χ0) is 12.4. The predicted octanol–water partition coefficient (Wildman–Crippen LogP) is 3.17. The third-order valence-electron chi connectivity index (χ3n) is 3.87. The van der Waals surface area contributed by atoms with Gasteiger partial charge in [0.05, 0.1) is 0 Å². The van der Waals surface area contributed by atoms with Crippen molar-refractivity contribution < 1.29 is 4.39 Å². The van der Waals surface area contributed by atoms with Crippen LogP contribution in [0.5, 0.6) is 0 Å². The van der Waals surface area contributed by atoms with Crippen molar-refractivity contribution in [2.24, 2.45) is 0 Å². The number of nitrogens with zero attached hydrogens (tertiary/aromatic N) is 1. The van der Waals surface area contributed by atoms with Crippen LogP contribution in [-0.4, -0.2) is 17.0 Å². The second-order valence-corrected chi connectivity index (χ2v) is 5.11. The Hall–Kier alpha value is -1.09. The lowest BCUT2D eigenvalue weighted by Gasteiger charge is -2.39. The van der Waals surface area contributed by atoms with E-state index in [9.17, 15) is 4.39 Å². The molecule has 1 heterocycles. The van der Waals surface area contributed by atoms with Gasteiger partial charge < -0.3 is 5.73 Å². The number of hydrogen-bond donors (Lipinski definition) is 1. The van der Waals surface area contributed by atoms with E-state index in [0.717, 1.165) is 0 Å². The van der Waals surface area contributed by atoms with Gasteiger partial charge in [-0.15, -0.1) is 0 Å². The Labute approximate surface area is 103 Å². The lowest BCUT2D eigenvalue weighted by molar-refractivity contribution is 0.0942. The Balaban J connectivity index is 2.19. The molecule has 0 saturated carbocycles. The molecule has 94 valence electrons. The minimum Gasteiger partial charge on any atom is -0.398 e. The van der Waals surface area contributed by atoms with Crippen LogP contribution in [0.15, 0.2) is 18.2 Å². The fraction of sp³-hybridized carbons (Fsp3) is 0.571. The molecule has 0 aliphatic carbocycles. The van der Waals surface area contributed by atoms with Crippen LogP contribution in [0.25, 0.3) is 0 Å². The first-order valence-electron chi connectivity index (χ1n) is 6.38. The van der Waals surface area contributed by atoms with E-state index in [-0.39, 0.29) is 5.82 Å². The number of anilines is 1. The number of piperidine rings is 1. The molecule has 1 aliphatic heterocycles. The Kier molecular flexibility index (Phi) is 3.67. The van der Waals surface area contributed by atoms with E-state index in [1.165, 1.54) is 25.3 Å². The van der Waals surface area contributed by atoms with Gasteiger partial charge in [-0.05, 0) is 38.8 Å². The summed E-state index contributed by atoms with van der Waals surface area (Å²) in [6.07, 6.45) is 3.66. The normalized spacial score (nSPS) is 26.1. The Morgan fingerprint density at radius 3 is 2.53 bits per heavy atom. The number of benzene rings is 1. The first-order valence-corrected chi connectivity index (χ1v) is 6.38. The van der Waals surface area contributed by atoms with Gasteiger partial charge in [0.15, 0.2) is 0 Å². The third-order valence-corrected chi connectivity index (χ3v) is 3.87. The van der Waals surface area contributed by atoms with Gasteiger partial charge in [0, 0.05) is 29.9 Å². The molecule has 0 amide bonds. The minimum atomic E-state index is -0.185. The number of likely N-dealkylation sites (tertiary alicyclic amines) is 1. The molecule has 2 atom stereocenters. The summed E-state index contributed by atoms with van der Waals surface area (Å²) in [4.78, 5) is 2.36. The van der Waals surface area contributed by atoms with Crippen molar-refractivity contribution in [1.82, 2.24) is 4.90 Å². The number of hydrogen-bond acceptors (Lipinski definition) is 2. The average molecular weight is 236 g/mol. The molecule has 0 radical (unpaired) electrons. The molecule has 2 rings (SSSR count). The van der Waals surface area contributed by atoms with Gasteiger partial charge in [0.25, 0.3) is 0 Å². The standard InChI is InChI=1S/C14H21FN2/c1-10-5-3-6-11(2)17(10)9-12-13(15)7-4-8-14(12)16/h4,7-8,10-11H,3,5-6,9,16H2,1-2H3. The molecule has 0 bridgehead atoms. The largest absolute Gasteiger partial charge is 0.398 e. The molecule has 3 heteroatoms. The lowest BCUT2D eigenvalue weighted by atomic mass is 9.96. The van der Waals surface area contributed by atoms with E-state index in [4.69, 9.17) is 5.73 Å². The quantitative estimate of drug-likeness (QED) is 0.799. The number of nitrogens with two attached hydrogens (primary N) is 1. The summed E-state index contributed by atoms with van der Waals surface area (Å²) in [5.41, 5.74) is 7.07. The molecule has 1 aromatic rings. The van der Waals surface area contributed by atoms with Crippen LogP contribution in [0, 0.1) is 5.82 Å². The van der Waals surface area contributed by atoms with Gasteiger partial charge in [-0.25, -0.2) is 4.39 Å². The van der Waals surface area contributed by atoms with Crippen LogP contribution < -0.4 is 5.73 Å². The van der Waals surface area contributed by atoms with Crippen molar-refractivity contribution in [2.75, 3.05) is 5.73 Å². The Bertz CT molecular complexity index is 362. The van der Waals surface area contributed by atoms with Crippen molar-refractivity contribution in [1.29, 1.82) is 0 Å². The summed E-state index contributed by atoms with van der Waals surface area (Å²) >= 11 is 0. The van der Waals surface area contributed by atoms with E-state index in [1.807, 2.05) is 0 Å². The van der Waals surface area contributed by atoms with Gasteiger partial charge in [-0.2, -0.15) is 0 Å². The molecule has 1 aliphatic rings. The van der Waals surface area contributed by atoms with Crippen molar-refractivity contribution in [2.45, 2.75) is 51.7 Å². The molecular weight excluding hydrogens is 215 g/mol. The Morgan fingerprint density at radius 1 is 1.29 bits per heavy atom. The SMILES string of the molecule is CC1CCCC(C)N1Cc1c(N)cccc1F. The van der Waals surface area contributed by atoms with Crippen molar-refractivity contribution >= 4 is 5.69 Å². The van der Waals surface area contributed by atoms with Gasteiger partial charge in [-0.3, -0.25) is 4.90 Å². The first kappa shape index (κ1) is 12.4. The Morgan fingerprint density at radius 2 is 1.94 bits per heavy atom. The van der Waals surface area contributed by atoms with Crippen LogP contribution in [0.2, 0.25) is 0 Å². The van der Waals surface area contributed by atoms with E-state index in [1.54, 1.807) is 12.1 Å². The van der Waals surface area contributed by atoms with Crippen LogP contribution >= 0.6 is 0 Å². The summed E-state index contributed by atoms with van der Waals surface area (Å²) in [5.74, 6) is -0.185. The second-order valence-electron chi connectivity index (χ2n) is 5.11. The maximum atomic E-state index is 13.8. The third kappa shape index (κ3) is 2.60. The summed E-state index contributed by atoms with van der Waals surface area (Å²) in [5, 5.41) is 0. The first-order chi connectivity index (χ1) is 8.09. The van der Waals surface area contributed by atoms with Gasteiger partial charge in [0.1, 0.15) is 5.82 Å². The van der Waals surface area contributed by atoms with Gasteiger partial charge in [0.2, 0.25) is 0 Å². The number of nitrogen functional groups attached to an aromatic ring is 1. The fourth-order valence-corrected chi connectivity index (χ4v) is 2.71. The van der Waals surface area contributed by atoms with Crippen molar-refractivity contribution in [3.63, 3.8) is 0 Å². The lowest BCUT2D eigenvalue weighted by Crippen LogP contribution is -2.43. The zero-order valence-electron chi connectivity index (χ0n) is 10.6. The van der Waals surface area contributed by atoms with Crippen molar-refractivity contribution in [3.05, 3.63) is 29.6 Å². The van der Waals surface area contributed by atoms with E-state index < -0.39 is 0 Å². The summed E-state index contributed by atoms with van der Waals surface area (Å²) in [7, 11) is 0. The maximum absolute atomic E-state index is 13.8. The summed E-state index contributed by atoms with van der Waals surface area (Å²) in [6.45, 7) is 5.06. The summed E-state index contributed by atoms with van der Waals surface area (Å²) in [6, 6.07) is 5.95. The molecular formula is C14H21FN2. The highest BCUT2D eigenvalue weighted by molar-refractivity contribution is 5.47. The smallest absolute Gasteiger partial charge is 0.129 e. The van der Waals surface area contributed by atoms with Gasteiger partial charge in [-0.1, -0.05) is 12.5 Å². The highest BCUT2D eigenvalue weighted by Crippen LogP contribution is 2.27. The van der Waals surface area contributed by atoms with E-state index in [2.05, 4.69) is 18.7 Å². The number of halogens is 1. The minimum absolute atomic E-state index is 0.185. The molecule has 2 N–H and O–H groups in total. The fourth-order valence-electron chi connectivity index (χ4n) is 2.71. The summed E-state index contributed by atoms with van der Waals surface area (Å²) < 4.78 is 13.8. The molecule has 1 aromatic carbocycles. The molecule has 17 heavy (non-hydrogen) atoms. The predicted molar refractivity (Wildman–Crippen MR) is 69.1 cm³/mol. The monoisotopic (exact) mass is 236 g/mol. The zero-order valence-corrected chi connectivity index (χ0v) is 10.6.